The molecule has 0 aromatic heterocycles. The Bertz CT molecular complexity index is 1320. The second kappa shape index (κ2) is 10.4. The third-order valence-electron chi connectivity index (χ3n) is 6.10. The van der Waals surface area contributed by atoms with Crippen LogP contribution >= 0.6 is 0 Å². The van der Waals surface area contributed by atoms with Crippen molar-refractivity contribution in [2.24, 2.45) is 17.6 Å². The van der Waals surface area contributed by atoms with E-state index in [1.54, 1.807) is 0 Å². The first kappa shape index (κ1) is 30.3. The minimum Gasteiger partial charge on any atom is -0.507 e. The molecule has 0 heterocycles. The zero-order valence-corrected chi connectivity index (χ0v) is 20.1. The number of carbonyl (C=O) groups is 3. The van der Waals surface area contributed by atoms with E-state index in [-0.39, 0.29) is 41.7 Å². The summed E-state index contributed by atoms with van der Waals surface area (Å²) in [4.78, 5) is 37.7. The van der Waals surface area contributed by atoms with Crippen molar-refractivity contribution in [3.05, 3.63) is 34.9 Å². The van der Waals surface area contributed by atoms with E-state index < -0.39 is 73.5 Å². The maximum Gasteiger partial charge on any atom is 0.394 e. The van der Waals surface area contributed by atoms with Crippen LogP contribution in [0.2, 0.25) is 0 Å². The van der Waals surface area contributed by atoms with Crippen LogP contribution in [0, 0.1) is 11.8 Å². The Balaban J connectivity index is 0.000000412. The predicted octanol–water partition coefficient (Wildman–Crippen LogP) is -1.40. The first-order chi connectivity index (χ1) is 16.7. The summed E-state index contributed by atoms with van der Waals surface area (Å²) in [6, 6.07) is 4.32. The molecule has 0 radical (unpaired) electrons. The van der Waals surface area contributed by atoms with Gasteiger partial charge in [0, 0.05) is 23.8 Å². The summed E-state index contributed by atoms with van der Waals surface area (Å²) in [6.45, 7) is 0. The quantitative estimate of drug-likeness (QED) is 0.139. The fraction of sp³-hybridized carbons (Fsp3) is 0.421. The number of carbonyl (C=O) groups excluding carboxylic acids is 3. The van der Waals surface area contributed by atoms with Crippen molar-refractivity contribution in [1.29, 1.82) is 0 Å². The van der Waals surface area contributed by atoms with E-state index in [2.05, 4.69) is 0 Å². The SMILES string of the molecule is NC(=O)C1c2cccc(O)c2C(O)=C2C(=O)C3(O)C(=O)CC(O)CC3CC21.O=S(=O)(O)O.O=S(=O)(O)O. The van der Waals surface area contributed by atoms with Gasteiger partial charge in [0.05, 0.1) is 17.6 Å². The van der Waals surface area contributed by atoms with Gasteiger partial charge in [0.2, 0.25) is 11.7 Å². The molecule has 10 N–H and O–H groups in total. The minimum atomic E-state index is -4.67. The van der Waals surface area contributed by atoms with Crippen molar-refractivity contribution < 1.29 is 69.9 Å². The highest BCUT2D eigenvalue weighted by atomic mass is 32.3. The largest absolute Gasteiger partial charge is 0.507 e. The van der Waals surface area contributed by atoms with Gasteiger partial charge in [-0.1, -0.05) is 12.1 Å². The number of fused-ring (bicyclic) bond motifs is 3. The van der Waals surface area contributed by atoms with Crippen LogP contribution in [0.5, 0.6) is 5.75 Å². The van der Waals surface area contributed by atoms with Gasteiger partial charge in [-0.05, 0) is 24.5 Å². The van der Waals surface area contributed by atoms with Gasteiger partial charge < -0.3 is 26.2 Å². The van der Waals surface area contributed by atoms with Crippen molar-refractivity contribution in [2.45, 2.75) is 36.9 Å². The average Bonchev–Trinajstić information content (AvgIpc) is 2.68. The Hall–Kier alpha value is -2.97. The third kappa shape index (κ3) is 6.67. The molecule has 206 valence electrons. The number of Topliss-reactive ketones (excluding diaryl/α,β-unsaturated/α-hetero) is 2. The number of primary amides is 1. The van der Waals surface area contributed by atoms with Crippen molar-refractivity contribution in [2.75, 3.05) is 0 Å². The van der Waals surface area contributed by atoms with E-state index >= 15 is 0 Å². The van der Waals surface area contributed by atoms with E-state index in [9.17, 15) is 34.8 Å². The number of phenols is 1. The van der Waals surface area contributed by atoms with Crippen molar-refractivity contribution in [1.82, 2.24) is 0 Å². The highest BCUT2D eigenvalue weighted by Crippen LogP contribution is 2.54. The second-order valence-corrected chi connectivity index (χ2v) is 10.2. The Morgan fingerprint density at radius 1 is 0.973 bits per heavy atom. The number of hydrogen-bond donors (Lipinski definition) is 9. The fourth-order valence-corrected chi connectivity index (χ4v) is 4.92. The molecule has 3 aliphatic carbocycles. The first-order valence-corrected chi connectivity index (χ1v) is 12.9. The van der Waals surface area contributed by atoms with Gasteiger partial charge in [0.25, 0.3) is 0 Å². The van der Waals surface area contributed by atoms with E-state index in [0.29, 0.717) is 0 Å². The van der Waals surface area contributed by atoms with Crippen molar-refractivity contribution >= 4 is 44.0 Å². The number of phenolic OH excluding ortho intramolecular Hbond substituents is 1. The Morgan fingerprint density at radius 2 is 1.49 bits per heavy atom. The fourth-order valence-electron chi connectivity index (χ4n) is 4.92. The Labute approximate surface area is 209 Å². The first-order valence-electron chi connectivity index (χ1n) is 10.1. The zero-order chi connectivity index (χ0) is 28.7. The van der Waals surface area contributed by atoms with E-state index in [4.69, 9.17) is 40.8 Å². The van der Waals surface area contributed by atoms with Crippen LogP contribution in [-0.4, -0.2) is 84.7 Å². The Kier molecular flexibility index (Phi) is 8.52. The molecule has 18 heteroatoms. The van der Waals surface area contributed by atoms with E-state index in [0.717, 1.165) is 0 Å². The second-order valence-electron chi connectivity index (χ2n) is 8.43. The molecule has 2 saturated carbocycles. The van der Waals surface area contributed by atoms with Crippen molar-refractivity contribution in [3.63, 3.8) is 0 Å². The summed E-state index contributed by atoms with van der Waals surface area (Å²) in [5.74, 6) is -6.20. The number of aliphatic hydroxyl groups is 3. The van der Waals surface area contributed by atoms with Gasteiger partial charge in [-0.15, -0.1) is 0 Å². The molecular formula is C19H23NO15S2. The summed E-state index contributed by atoms with van der Waals surface area (Å²) in [5.41, 5.74) is 3.14. The monoisotopic (exact) mass is 569 g/mol. The van der Waals surface area contributed by atoms with Crippen LogP contribution < -0.4 is 5.73 Å². The summed E-state index contributed by atoms with van der Waals surface area (Å²) in [6.07, 6.45) is -1.30. The lowest BCUT2D eigenvalue weighted by Gasteiger charge is -2.48. The molecule has 5 unspecified atom stereocenters. The zero-order valence-electron chi connectivity index (χ0n) is 18.5. The minimum absolute atomic E-state index is 0.0210. The third-order valence-corrected chi connectivity index (χ3v) is 6.10. The average molecular weight is 570 g/mol. The van der Waals surface area contributed by atoms with E-state index in [1.165, 1.54) is 18.2 Å². The van der Waals surface area contributed by atoms with Crippen LogP contribution in [0.4, 0.5) is 0 Å². The lowest BCUT2D eigenvalue weighted by Crippen LogP contribution is -2.62. The number of amides is 1. The lowest BCUT2D eigenvalue weighted by atomic mass is 9.56. The standard InChI is InChI=1S/C19H19NO7.2H2O4S/c20-18(26)13-9-2-1-3-11(22)14(9)16(24)15-10(13)5-7-4-8(21)6-12(23)19(7,27)17(15)25;2*1-5(2,3)4/h1-3,7-8,10,13,21-22,24,27H,4-6H2,(H2,20,26);2*(H2,1,2,3,4). The number of nitrogens with two attached hydrogens (primary N) is 1. The van der Waals surface area contributed by atoms with Gasteiger partial charge >= 0.3 is 20.8 Å². The number of benzene rings is 1. The van der Waals surface area contributed by atoms with E-state index in [1.807, 2.05) is 0 Å². The van der Waals surface area contributed by atoms with Crippen molar-refractivity contribution in [3.8, 4) is 5.75 Å². The molecule has 16 nitrogen and oxygen atoms in total. The summed E-state index contributed by atoms with van der Waals surface area (Å²) in [7, 11) is -9.33. The molecule has 0 bridgehead atoms. The predicted molar refractivity (Wildman–Crippen MR) is 120 cm³/mol. The summed E-state index contributed by atoms with van der Waals surface area (Å²) >= 11 is 0. The smallest absolute Gasteiger partial charge is 0.394 e. The number of aliphatic hydroxyl groups excluding tert-OH is 2. The molecule has 37 heavy (non-hydrogen) atoms. The summed E-state index contributed by atoms with van der Waals surface area (Å²) in [5, 5.41) is 41.7. The number of hydrogen-bond acceptors (Lipinski definition) is 11. The van der Waals surface area contributed by atoms with Gasteiger partial charge in [0.1, 0.15) is 11.5 Å². The molecule has 0 aliphatic heterocycles. The molecule has 0 spiro atoms. The molecule has 1 amide bonds. The highest BCUT2D eigenvalue weighted by Gasteiger charge is 2.61. The molecule has 4 rings (SSSR count). The molecule has 0 saturated heterocycles. The number of ketones is 2. The lowest BCUT2D eigenvalue weighted by molar-refractivity contribution is -0.167. The maximum absolute atomic E-state index is 13.1. The van der Waals surface area contributed by atoms with Crippen LogP contribution in [0.25, 0.3) is 5.76 Å². The number of aromatic hydroxyl groups is 1. The Morgan fingerprint density at radius 3 is 1.97 bits per heavy atom. The van der Waals surface area contributed by atoms with Crippen LogP contribution in [0.3, 0.4) is 0 Å². The topological polar surface area (TPSA) is 307 Å². The van der Waals surface area contributed by atoms with Gasteiger partial charge in [-0.2, -0.15) is 16.8 Å². The molecule has 3 aliphatic rings. The maximum atomic E-state index is 13.1. The van der Waals surface area contributed by atoms with Gasteiger partial charge in [0.15, 0.2) is 11.4 Å². The molecule has 2 fully saturated rings. The molecule has 1 aromatic carbocycles. The molecule has 1 aromatic rings. The van der Waals surface area contributed by atoms with Gasteiger partial charge in [-0.3, -0.25) is 32.6 Å². The van der Waals surface area contributed by atoms with Crippen LogP contribution in [-0.2, 0) is 35.2 Å². The number of rotatable bonds is 1. The molecular weight excluding hydrogens is 546 g/mol. The molecule has 5 atom stereocenters. The summed E-state index contributed by atoms with van der Waals surface area (Å²) < 4.78 is 63.2. The highest BCUT2D eigenvalue weighted by molar-refractivity contribution is 7.80. The normalized spacial score (nSPS) is 28.9. The van der Waals surface area contributed by atoms with Crippen LogP contribution in [0.15, 0.2) is 23.8 Å². The van der Waals surface area contributed by atoms with Crippen LogP contribution in [0.1, 0.15) is 36.3 Å². The van der Waals surface area contributed by atoms with Gasteiger partial charge in [-0.25, -0.2) is 0 Å².